The SMILES string of the molecule is c1ccc(-n2c3ccc(-c4ccc5c(c4)c4ccccc4n5-c4ccc5c(n4)-c4cccc6nccc-5c46)cc3c3c4ccccc4ccc32)cc1. The monoisotopic (exact) mass is 660 g/mol. The summed E-state index contributed by atoms with van der Waals surface area (Å²) in [5.74, 6) is 0.914. The molecule has 52 heavy (non-hydrogen) atoms. The van der Waals surface area contributed by atoms with E-state index in [1.165, 1.54) is 65.4 Å². The van der Waals surface area contributed by atoms with Crippen molar-refractivity contribution in [3.8, 4) is 45.0 Å². The van der Waals surface area contributed by atoms with E-state index in [0.717, 1.165) is 44.9 Å². The Morgan fingerprint density at radius 2 is 1.13 bits per heavy atom. The molecule has 0 aliphatic heterocycles. The van der Waals surface area contributed by atoms with Gasteiger partial charge in [0.1, 0.15) is 5.82 Å². The molecule has 12 rings (SSSR count). The fourth-order valence-corrected chi connectivity index (χ4v) is 8.85. The first-order chi connectivity index (χ1) is 25.8. The lowest BCUT2D eigenvalue weighted by atomic mass is 9.99. The normalized spacial score (nSPS) is 12.2. The van der Waals surface area contributed by atoms with Gasteiger partial charge in [0.25, 0.3) is 0 Å². The second-order valence-corrected chi connectivity index (χ2v) is 13.8. The minimum absolute atomic E-state index is 0.914. The van der Waals surface area contributed by atoms with Gasteiger partial charge < -0.3 is 4.57 Å². The van der Waals surface area contributed by atoms with Gasteiger partial charge in [0, 0.05) is 49.9 Å². The topological polar surface area (TPSA) is 35.6 Å². The van der Waals surface area contributed by atoms with Crippen molar-refractivity contribution in [2.24, 2.45) is 0 Å². The van der Waals surface area contributed by atoms with Crippen molar-refractivity contribution in [3.05, 3.63) is 170 Å². The van der Waals surface area contributed by atoms with E-state index in [9.17, 15) is 0 Å². The molecule has 4 heteroatoms. The van der Waals surface area contributed by atoms with Crippen molar-refractivity contribution in [2.45, 2.75) is 0 Å². The first-order valence-electron chi connectivity index (χ1n) is 17.7. The molecule has 0 saturated heterocycles. The van der Waals surface area contributed by atoms with E-state index < -0.39 is 0 Å². The highest BCUT2D eigenvalue weighted by molar-refractivity contribution is 6.22. The average molecular weight is 661 g/mol. The third kappa shape index (κ3) is 3.70. The molecule has 0 atom stereocenters. The maximum atomic E-state index is 5.36. The van der Waals surface area contributed by atoms with Crippen molar-refractivity contribution in [2.75, 3.05) is 0 Å². The summed E-state index contributed by atoms with van der Waals surface area (Å²) in [5, 5.41) is 8.67. The minimum atomic E-state index is 0.914. The number of aromatic nitrogens is 4. The van der Waals surface area contributed by atoms with E-state index >= 15 is 0 Å². The summed E-state index contributed by atoms with van der Waals surface area (Å²) >= 11 is 0. The van der Waals surface area contributed by atoms with Gasteiger partial charge in [0.15, 0.2) is 0 Å². The van der Waals surface area contributed by atoms with Crippen molar-refractivity contribution in [1.82, 2.24) is 19.1 Å². The van der Waals surface area contributed by atoms with Crippen molar-refractivity contribution in [3.63, 3.8) is 0 Å². The summed E-state index contributed by atoms with van der Waals surface area (Å²) in [7, 11) is 0. The number of nitrogens with zero attached hydrogens (tertiary/aromatic N) is 4. The van der Waals surface area contributed by atoms with Crippen LogP contribution in [0.1, 0.15) is 0 Å². The van der Waals surface area contributed by atoms with Crippen LogP contribution in [0.2, 0.25) is 0 Å². The lowest BCUT2D eigenvalue weighted by Crippen LogP contribution is -1.98. The number of benzene rings is 7. The predicted molar refractivity (Wildman–Crippen MR) is 216 cm³/mol. The number of hydrogen-bond acceptors (Lipinski definition) is 2. The van der Waals surface area contributed by atoms with Crippen LogP contribution in [0.25, 0.3) is 110 Å². The van der Waals surface area contributed by atoms with Crippen molar-refractivity contribution >= 4 is 65.3 Å². The van der Waals surface area contributed by atoms with Gasteiger partial charge >= 0.3 is 0 Å². The van der Waals surface area contributed by atoms with Gasteiger partial charge in [-0.25, -0.2) is 4.98 Å². The van der Waals surface area contributed by atoms with Gasteiger partial charge in [-0.15, -0.1) is 0 Å². The van der Waals surface area contributed by atoms with Crippen LogP contribution in [-0.2, 0) is 0 Å². The molecule has 1 aliphatic rings. The summed E-state index contributed by atoms with van der Waals surface area (Å²) in [6, 6.07) is 59.3. The van der Waals surface area contributed by atoms with Crippen LogP contribution in [-0.4, -0.2) is 19.1 Å². The molecule has 7 aromatic carbocycles. The molecule has 0 N–H and O–H groups in total. The Kier molecular flexibility index (Phi) is 5.47. The maximum Gasteiger partial charge on any atom is 0.138 e. The number of hydrogen-bond donors (Lipinski definition) is 0. The van der Waals surface area contributed by atoms with Crippen LogP contribution >= 0.6 is 0 Å². The molecule has 0 radical (unpaired) electrons. The second kappa shape index (κ2) is 10.3. The minimum Gasteiger partial charge on any atom is -0.309 e. The Balaban J connectivity index is 1.07. The highest BCUT2D eigenvalue weighted by Crippen LogP contribution is 2.46. The zero-order chi connectivity index (χ0) is 33.9. The fourth-order valence-electron chi connectivity index (χ4n) is 8.85. The molecule has 0 bridgehead atoms. The molecule has 1 aliphatic carbocycles. The van der Waals surface area contributed by atoms with Gasteiger partial charge in [-0.2, -0.15) is 0 Å². The first-order valence-corrected chi connectivity index (χ1v) is 17.7. The third-order valence-electron chi connectivity index (χ3n) is 11.1. The van der Waals surface area contributed by atoms with Crippen LogP contribution in [0, 0.1) is 0 Å². The molecule has 0 spiro atoms. The average Bonchev–Trinajstić information content (AvgIpc) is 3.84. The third-order valence-corrected chi connectivity index (χ3v) is 11.1. The number of fused-ring (bicyclic) bond motifs is 11. The molecular weight excluding hydrogens is 633 g/mol. The van der Waals surface area contributed by atoms with E-state index in [4.69, 9.17) is 4.98 Å². The Bertz CT molecular complexity index is 3290. The summed E-state index contributed by atoms with van der Waals surface area (Å²) in [5.41, 5.74) is 13.8. The zero-order valence-electron chi connectivity index (χ0n) is 28.0. The molecule has 0 amide bonds. The summed E-state index contributed by atoms with van der Waals surface area (Å²) in [6.45, 7) is 0. The van der Waals surface area contributed by atoms with Crippen molar-refractivity contribution < 1.29 is 0 Å². The van der Waals surface area contributed by atoms with E-state index in [1.807, 2.05) is 6.20 Å². The van der Waals surface area contributed by atoms with E-state index in [2.05, 4.69) is 178 Å². The molecule has 240 valence electrons. The smallest absolute Gasteiger partial charge is 0.138 e. The molecule has 0 saturated carbocycles. The number of rotatable bonds is 3. The van der Waals surface area contributed by atoms with Gasteiger partial charge in [-0.3, -0.25) is 9.55 Å². The molecule has 0 unspecified atom stereocenters. The van der Waals surface area contributed by atoms with Crippen LogP contribution < -0.4 is 0 Å². The predicted octanol–water partition coefficient (Wildman–Crippen LogP) is 12.3. The number of para-hydroxylation sites is 2. The molecule has 11 aromatic rings. The van der Waals surface area contributed by atoms with E-state index in [0.29, 0.717) is 0 Å². The maximum absolute atomic E-state index is 5.36. The summed E-state index contributed by atoms with van der Waals surface area (Å²) in [4.78, 5) is 10.0. The van der Waals surface area contributed by atoms with Gasteiger partial charge in [0.05, 0.1) is 33.3 Å². The molecule has 4 aromatic heterocycles. The zero-order valence-corrected chi connectivity index (χ0v) is 28.0. The second-order valence-electron chi connectivity index (χ2n) is 13.8. The standard InChI is InChI=1S/C48H28N4/c1-2-10-32(11-3-1)51-43-22-19-31(28-39(43)47-33-12-5-4-9-29(33)17-23-44(47)51)30-18-21-42-38(27-30)34-13-6-7-16-41(34)52(42)45-24-20-36-35-25-26-49-40-15-8-14-37(46(35)40)48(36)50-45/h1-28H. The fraction of sp³-hybridized carbons (Fsp3) is 0. The lowest BCUT2D eigenvalue weighted by molar-refractivity contribution is 1.09. The Morgan fingerprint density at radius 3 is 2.02 bits per heavy atom. The molecule has 4 nitrogen and oxygen atoms in total. The molecule has 0 fully saturated rings. The quantitative estimate of drug-likeness (QED) is 0.189. The summed E-state index contributed by atoms with van der Waals surface area (Å²) in [6.07, 6.45) is 1.90. The van der Waals surface area contributed by atoms with Crippen molar-refractivity contribution in [1.29, 1.82) is 0 Å². The Labute approximate surface area is 298 Å². The Hall–Kier alpha value is -7.04. The van der Waals surface area contributed by atoms with Gasteiger partial charge in [-0.1, -0.05) is 91.0 Å². The van der Waals surface area contributed by atoms with E-state index in [1.54, 1.807) is 0 Å². The summed E-state index contributed by atoms with van der Waals surface area (Å²) < 4.78 is 4.72. The van der Waals surface area contributed by atoms with Gasteiger partial charge in [-0.05, 0) is 100 Å². The Morgan fingerprint density at radius 1 is 0.404 bits per heavy atom. The molecular formula is C48H28N4. The highest BCUT2D eigenvalue weighted by Gasteiger charge is 2.24. The van der Waals surface area contributed by atoms with E-state index in [-0.39, 0.29) is 0 Å². The van der Waals surface area contributed by atoms with Crippen LogP contribution in [0.3, 0.4) is 0 Å². The van der Waals surface area contributed by atoms with Crippen LogP contribution in [0.5, 0.6) is 0 Å². The lowest BCUT2D eigenvalue weighted by Gasteiger charge is -2.10. The van der Waals surface area contributed by atoms with Crippen LogP contribution in [0.15, 0.2) is 170 Å². The highest BCUT2D eigenvalue weighted by atomic mass is 15.1. The first kappa shape index (κ1) is 27.7. The number of pyridine rings is 2. The molecule has 4 heterocycles. The largest absolute Gasteiger partial charge is 0.309 e. The van der Waals surface area contributed by atoms with Crippen LogP contribution in [0.4, 0.5) is 0 Å². The van der Waals surface area contributed by atoms with Gasteiger partial charge in [0.2, 0.25) is 0 Å².